The predicted octanol–water partition coefficient (Wildman–Crippen LogP) is 5.36. The van der Waals surface area contributed by atoms with Gasteiger partial charge >= 0.3 is 7.82 Å². The van der Waals surface area contributed by atoms with Gasteiger partial charge in [-0.2, -0.15) is 0 Å². The van der Waals surface area contributed by atoms with Crippen molar-refractivity contribution >= 4 is 13.7 Å². The third-order valence-corrected chi connectivity index (χ3v) is 4.43. The van der Waals surface area contributed by atoms with E-state index in [-0.39, 0.29) is 19.1 Å². The van der Waals surface area contributed by atoms with E-state index in [0.717, 1.165) is 32.1 Å². The van der Waals surface area contributed by atoms with Gasteiger partial charge in [0.1, 0.15) is 0 Å². The Morgan fingerprint density at radius 1 is 0.862 bits per heavy atom. The van der Waals surface area contributed by atoms with E-state index in [1.165, 1.54) is 25.7 Å². The lowest BCUT2D eigenvalue weighted by atomic mass is 10.2. The van der Waals surface area contributed by atoms with Crippen molar-refractivity contribution in [3.63, 3.8) is 0 Å². The van der Waals surface area contributed by atoms with Crippen LogP contribution in [0, 0.1) is 0 Å². The molecule has 7 heteroatoms. The standard InChI is InChI=1S/C22H38NO5P/c1-2-3-4-5-6-7-8-9-10-11-12-13-14-15-16-17-18-19-22(24)23-20-21-28-29(25,26)27/h6-7,9-10,12-13,15-16H,2-5,8,11,14,17-21H2,1H3,(H,23,24)(H2,25,26,27)/b7-6-,10-9-,13-12-,16-15-. The van der Waals surface area contributed by atoms with Gasteiger partial charge in [-0.05, 0) is 44.9 Å². The highest BCUT2D eigenvalue weighted by atomic mass is 31.2. The van der Waals surface area contributed by atoms with Crippen molar-refractivity contribution in [3.05, 3.63) is 48.6 Å². The number of unbranched alkanes of at least 4 members (excludes halogenated alkanes) is 4. The molecule has 0 saturated heterocycles. The fourth-order valence-corrected chi connectivity index (χ4v) is 2.71. The van der Waals surface area contributed by atoms with E-state index in [1.807, 2.05) is 0 Å². The summed E-state index contributed by atoms with van der Waals surface area (Å²) >= 11 is 0. The second-order valence-electron chi connectivity index (χ2n) is 6.65. The summed E-state index contributed by atoms with van der Waals surface area (Å²) in [6.45, 7) is 2.11. The number of phosphoric ester groups is 1. The van der Waals surface area contributed by atoms with Gasteiger partial charge in [0.05, 0.1) is 6.61 Å². The molecule has 166 valence electrons. The zero-order valence-corrected chi connectivity index (χ0v) is 18.6. The van der Waals surface area contributed by atoms with E-state index in [1.54, 1.807) is 0 Å². The maximum atomic E-state index is 11.5. The van der Waals surface area contributed by atoms with Gasteiger partial charge in [0.25, 0.3) is 0 Å². The van der Waals surface area contributed by atoms with Crippen LogP contribution in [0.3, 0.4) is 0 Å². The van der Waals surface area contributed by atoms with Gasteiger partial charge in [-0.3, -0.25) is 9.32 Å². The van der Waals surface area contributed by atoms with Gasteiger partial charge in [0.15, 0.2) is 0 Å². The Morgan fingerprint density at radius 2 is 1.38 bits per heavy atom. The molecule has 0 atom stereocenters. The number of hydrogen-bond acceptors (Lipinski definition) is 3. The number of hydrogen-bond donors (Lipinski definition) is 3. The van der Waals surface area contributed by atoms with Crippen LogP contribution in [0.1, 0.15) is 71.1 Å². The number of rotatable bonds is 18. The van der Waals surface area contributed by atoms with E-state index in [2.05, 4.69) is 65.4 Å². The molecule has 0 saturated carbocycles. The molecular weight excluding hydrogens is 389 g/mol. The van der Waals surface area contributed by atoms with Gasteiger partial charge < -0.3 is 15.1 Å². The van der Waals surface area contributed by atoms with Gasteiger partial charge in [0, 0.05) is 13.0 Å². The molecule has 0 radical (unpaired) electrons. The molecule has 0 aromatic heterocycles. The monoisotopic (exact) mass is 427 g/mol. The minimum absolute atomic E-state index is 0.0915. The lowest BCUT2D eigenvalue weighted by molar-refractivity contribution is -0.121. The smallest absolute Gasteiger partial charge is 0.354 e. The van der Waals surface area contributed by atoms with Crippen LogP contribution >= 0.6 is 7.82 Å². The molecule has 0 bridgehead atoms. The normalized spacial score (nSPS) is 12.8. The molecule has 0 aliphatic carbocycles. The first kappa shape index (κ1) is 27.5. The number of nitrogens with one attached hydrogen (secondary N) is 1. The average Bonchev–Trinajstić information content (AvgIpc) is 2.67. The van der Waals surface area contributed by atoms with Crippen molar-refractivity contribution in [3.8, 4) is 0 Å². The Morgan fingerprint density at radius 3 is 1.90 bits per heavy atom. The maximum Gasteiger partial charge on any atom is 0.469 e. The van der Waals surface area contributed by atoms with E-state index in [9.17, 15) is 9.36 Å². The Labute approximate surface area is 176 Å². The minimum Gasteiger partial charge on any atom is -0.354 e. The van der Waals surface area contributed by atoms with Crippen molar-refractivity contribution < 1.29 is 23.7 Å². The summed E-state index contributed by atoms with van der Waals surface area (Å²) in [4.78, 5) is 28.5. The molecule has 0 aliphatic heterocycles. The summed E-state index contributed by atoms with van der Waals surface area (Å²) in [5, 5.41) is 2.56. The molecule has 6 nitrogen and oxygen atoms in total. The molecule has 1 amide bonds. The topological polar surface area (TPSA) is 95.9 Å². The van der Waals surface area contributed by atoms with Crippen molar-refractivity contribution in [2.75, 3.05) is 13.2 Å². The number of amides is 1. The zero-order chi connectivity index (χ0) is 21.6. The summed E-state index contributed by atoms with van der Waals surface area (Å²) in [6, 6.07) is 0. The quantitative estimate of drug-likeness (QED) is 0.155. The SMILES string of the molecule is CCCCC/C=C\C/C=C\C/C=C\C/C=C\CCCC(=O)NCCOP(=O)(O)O. The first-order valence-electron chi connectivity index (χ1n) is 10.5. The minimum atomic E-state index is -4.45. The molecule has 0 unspecified atom stereocenters. The average molecular weight is 428 g/mol. The Bertz CT molecular complexity index is 564. The highest BCUT2D eigenvalue weighted by Crippen LogP contribution is 2.35. The third kappa shape index (κ3) is 24.5. The van der Waals surface area contributed by atoms with Crippen LogP contribution in [0.2, 0.25) is 0 Å². The number of allylic oxidation sites excluding steroid dienone is 8. The maximum absolute atomic E-state index is 11.5. The summed E-state index contributed by atoms with van der Waals surface area (Å²) in [6.07, 6.45) is 27.2. The van der Waals surface area contributed by atoms with Gasteiger partial charge in [-0.25, -0.2) is 4.57 Å². The summed E-state index contributed by atoms with van der Waals surface area (Å²) in [5.74, 6) is -0.143. The summed E-state index contributed by atoms with van der Waals surface area (Å²) in [7, 11) is -4.45. The lowest BCUT2D eigenvalue weighted by Gasteiger charge is -2.06. The van der Waals surface area contributed by atoms with Gasteiger partial charge in [0.2, 0.25) is 5.91 Å². The molecule has 0 heterocycles. The van der Waals surface area contributed by atoms with E-state index >= 15 is 0 Å². The van der Waals surface area contributed by atoms with E-state index in [4.69, 9.17) is 9.79 Å². The molecule has 0 fully saturated rings. The highest BCUT2D eigenvalue weighted by molar-refractivity contribution is 7.46. The largest absolute Gasteiger partial charge is 0.469 e. The number of carbonyl (C=O) groups is 1. The molecule has 0 aromatic rings. The predicted molar refractivity (Wildman–Crippen MR) is 119 cm³/mol. The molecule has 0 spiro atoms. The second-order valence-corrected chi connectivity index (χ2v) is 7.89. The molecule has 3 N–H and O–H groups in total. The van der Waals surface area contributed by atoms with Gasteiger partial charge in [-0.15, -0.1) is 0 Å². The van der Waals surface area contributed by atoms with Crippen molar-refractivity contribution in [2.24, 2.45) is 0 Å². The van der Waals surface area contributed by atoms with E-state index in [0.29, 0.717) is 6.42 Å². The van der Waals surface area contributed by atoms with Crippen LogP contribution in [0.15, 0.2) is 48.6 Å². The molecule has 0 rings (SSSR count). The molecule has 0 aromatic carbocycles. The zero-order valence-electron chi connectivity index (χ0n) is 17.7. The third-order valence-electron chi connectivity index (χ3n) is 3.92. The molecule has 0 aliphatic rings. The second kappa shape index (κ2) is 19.8. The van der Waals surface area contributed by atoms with Crippen LogP contribution < -0.4 is 5.32 Å². The summed E-state index contributed by atoms with van der Waals surface area (Å²) < 4.78 is 14.7. The van der Waals surface area contributed by atoms with Crippen LogP contribution in [0.25, 0.3) is 0 Å². The number of phosphoric acid groups is 1. The first-order chi connectivity index (χ1) is 14.0. The Hall–Kier alpha value is -1.46. The van der Waals surface area contributed by atoms with Crippen molar-refractivity contribution in [1.82, 2.24) is 5.32 Å². The molecular formula is C22H38NO5P. The highest BCUT2D eigenvalue weighted by Gasteiger charge is 2.12. The van der Waals surface area contributed by atoms with Crippen molar-refractivity contribution in [2.45, 2.75) is 71.1 Å². The van der Waals surface area contributed by atoms with Crippen LogP contribution in [0.4, 0.5) is 0 Å². The van der Waals surface area contributed by atoms with Crippen LogP contribution in [-0.4, -0.2) is 28.8 Å². The van der Waals surface area contributed by atoms with Gasteiger partial charge in [-0.1, -0.05) is 68.4 Å². The fourth-order valence-electron chi connectivity index (χ4n) is 2.38. The number of carbonyl (C=O) groups excluding carboxylic acids is 1. The van der Waals surface area contributed by atoms with Crippen molar-refractivity contribution in [1.29, 1.82) is 0 Å². The fraction of sp³-hybridized carbons (Fsp3) is 0.591. The molecule has 29 heavy (non-hydrogen) atoms. The summed E-state index contributed by atoms with van der Waals surface area (Å²) in [5.41, 5.74) is 0. The van der Waals surface area contributed by atoms with E-state index < -0.39 is 7.82 Å². The Balaban J connectivity index is 3.51. The first-order valence-corrected chi connectivity index (χ1v) is 12.1. The van der Waals surface area contributed by atoms with Crippen LogP contribution in [0.5, 0.6) is 0 Å². The van der Waals surface area contributed by atoms with Crippen LogP contribution in [-0.2, 0) is 13.9 Å². The lowest BCUT2D eigenvalue weighted by Crippen LogP contribution is -2.26. The Kier molecular flexibility index (Phi) is 18.8.